The number of rotatable bonds is 3. The summed E-state index contributed by atoms with van der Waals surface area (Å²) in [5.74, 6) is 0.683. The molecule has 21 heavy (non-hydrogen) atoms. The first kappa shape index (κ1) is 14.0. The van der Waals surface area contributed by atoms with Gasteiger partial charge in [0.15, 0.2) is 5.82 Å². The Kier molecular flexibility index (Phi) is 4.15. The zero-order valence-electron chi connectivity index (χ0n) is 11.4. The van der Waals surface area contributed by atoms with Crippen LogP contribution in [0.25, 0.3) is 0 Å². The standard InChI is InChI=1S/C15H15BrN4O/c16-13-10-11(5-7-17-13)15(21)19-12-4-3-6-18-14(12)20-8-1-2-9-20/h3-7,10H,1-2,8-9H2,(H,19,21). The van der Waals surface area contributed by atoms with Gasteiger partial charge in [-0.05, 0) is 53.0 Å². The van der Waals surface area contributed by atoms with E-state index in [2.05, 4.69) is 36.1 Å². The van der Waals surface area contributed by atoms with Gasteiger partial charge in [0.05, 0.1) is 5.69 Å². The van der Waals surface area contributed by atoms with Crippen molar-refractivity contribution in [2.75, 3.05) is 23.3 Å². The third-order valence-electron chi connectivity index (χ3n) is 3.43. The highest BCUT2D eigenvalue weighted by molar-refractivity contribution is 9.10. The van der Waals surface area contributed by atoms with Crippen molar-refractivity contribution in [3.8, 4) is 0 Å². The zero-order valence-corrected chi connectivity index (χ0v) is 13.0. The minimum atomic E-state index is -0.161. The molecule has 2 aromatic heterocycles. The molecule has 0 spiro atoms. The van der Waals surface area contributed by atoms with E-state index in [-0.39, 0.29) is 5.91 Å². The van der Waals surface area contributed by atoms with Crippen molar-refractivity contribution in [3.05, 3.63) is 46.8 Å². The molecule has 0 radical (unpaired) electrons. The van der Waals surface area contributed by atoms with E-state index in [0.29, 0.717) is 10.2 Å². The van der Waals surface area contributed by atoms with Crippen molar-refractivity contribution in [1.29, 1.82) is 0 Å². The van der Waals surface area contributed by atoms with E-state index in [4.69, 9.17) is 0 Å². The van der Waals surface area contributed by atoms with E-state index in [1.807, 2.05) is 12.1 Å². The Hall–Kier alpha value is -1.95. The third-order valence-corrected chi connectivity index (χ3v) is 3.86. The molecule has 0 saturated carbocycles. The molecule has 3 heterocycles. The highest BCUT2D eigenvalue weighted by Crippen LogP contribution is 2.26. The summed E-state index contributed by atoms with van der Waals surface area (Å²) in [5.41, 5.74) is 1.31. The molecule has 0 bridgehead atoms. The summed E-state index contributed by atoms with van der Waals surface area (Å²) in [5, 5.41) is 2.94. The van der Waals surface area contributed by atoms with Crippen molar-refractivity contribution in [3.63, 3.8) is 0 Å². The second kappa shape index (κ2) is 6.22. The molecule has 2 aromatic rings. The van der Waals surface area contributed by atoms with Crippen LogP contribution in [-0.2, 0) is 0 Å². The maximum atomic E-state index is 12.3. The second-order valence-electron chi connectivity index (χ2n) is 4.89. The lowest BCUT2D eigenvalue weighted by atomic mass is 10.2. The molecule has 1 saturated heterocycles. The molecule has 1 aliphatic rings. The van der Waals surface area contributed by atoms with Crippen LogP contribution in [0.15, 0.2) is 41.3 Å². The van der Waals surface area contributed by atoms with Gasteiger partial charge in [-0.25, -0.2) is 9.97 Å². The maximum absolute atomic E-state index is 12.3. The fraction of sp³-hybridized carbons (Fsp3) is 0.267. The molecule has 0 aromatic carbocycles. The van der Waals surface area contributed by atoms with Gasteiger partial charge < -0.3 is 10.2 Å². The summed E-state index contributed by atoms with van der Waals surface area (Å²) >= 11 is 3.27. The number of aromatic nitrogens is 2. The van der Waals surface area contributed by atoms with Crippen LogP contribution < -0.4 is 10.2 Å². The Balaban J connectivity index is 1.83. The predicted molar refractivity (Wildman–Crippen MR) is 85.6 cm³/mol. The number of nitrogens with zero attached hydrogens (tertiary/aromatic N) is 3. The molecule has 1 aliphatic heterocycles. The van der Waals surface area contributed by atoms with Crippen molar-refractivity contribution in [1.82, 2.24) is 9.97 Å². The molecular weight excluding hydrogens is 332 g/mol. The number of carbonyl (C=O) groups excluding carboxylic acids is 1. The lowest BCUT2D eigenvalue weighted by Crippen LogP contribution is -2.22. The van der Waals surface area contributed by atoms with E-state index in [1.54, 1.807) is 24.5 Å². The van der Waals surface area contributed by atoms with Crippen molar-refractivity contribution >= 4 is 33.3 Å². The van der Waals surface area contributed by atoms with Crippen LogP contribution in [0.1, 0.15) is 23.2 Å². The van der Waals surface area contributed by atoms with Crippen molar-refractivity contribution in [2.24, 2.45) is 0 Å². The van der Waals surface area contributed by atoms with Crippen molar-refractivity contribution in [2.45, 2.75) is 12.8 Å². The molecule has 5 nitrogen and oxygen atoms in total. The Morgan fingerprint density at radius 2 is 2.00 bits per heavy atom. The summed E-state index contributed by atoms with van der Waals surface area (Å²) in [6.45, 7) is 1.97. The topological polar surface area (TPSA) is 58.1 Å². The molecule has 6 heteroatoms. The van der Waals surface area contributed by atoms with Crippen LogP contribution in [0.3, 0.4) is 0 Å². The Labute approximate surface area is 131 Å². The lowest BCUT2D eigenvalue weighted by molar-refractivity contribution is 0.102. The van der Waals surface area contributed by atoms with Crippen LogP contribution in [0, 0.1) is 0 Å². The largest absolute Gasteiger partial charge is 0.355 e. The van der Waals surface area contributed by atoms with Gasteiger partial charge in [0.1, 0.15) is 4.60 Å². The molecule has 1 N–H and O–H groups in total. The summed E-state index contributed by atoms with van der Waals surface area (Å²) in [7, 11) is 0. The van der Waals surface area contributed by atoms with E-state index < -0.39 is 0 Å². The number of halogens is 1. The van der Waals surface area contributed by atoms with E-state index >= 15 is 0 Å². The first-order valence-electron chi connectivity index (χ1n) is 6.87. The van der Waals surface area contributed by atoms with Gasteiger partial charge in [0, 0.05) is 31.0 Å². The quantitative estimate of drug-likeness (QED) is 0.867. The summed E-state index contributed by atoms with van der Waals surface area (Å²) in [6, 6.07) is 7.10. The maximum Gasteiger partial charge on any atom is 0.255 e. The molecule has 108 valence electrons. The molecule has 0 unspecified atom stereocenters. The number of hydrogen-bond acceptors (Lipinski definition) is 4. The highest BCUT2D eigenvalue weighted by Gasteiger charge is 2.18. The average molecular weight is 347 g/mol. The third kappa shape index (κ3) is 3.21. The van der Waals surface area contributed by atoms with E-state index in [9.17, 15) is 4.79 Å². The van der Waals surface area contributed by atoms with Gasteiger partial charge in [0.2, 0.25) is 0 Å². The van der Waals surface area contributed by atoms with Gasteiger partial charge in [-0.2, -0.15) is 0 Å². The smallest absolute Gasteiger partial charge is 0.255 e. The predicted octanol–water partition coefficient (Wildman–Crippen LogP) is 3.09. The zero-order chi connectivity index (χ0) is 14.7. The molecule has 0 atom stereocenters. The lowest BCUT2D eigenvalue weighted by Gasteiger charge is -2.19. The number of pyridine rings is 2. The summed E-state index contributed by atoms with van der Waals surface area (Å²) in [6.07, 6.45) is 5.69. The Morgan fingerprint density at radius 1 is 1.19 bits per heavy atom. The molecule has 0 aliphatic carbocycles. The normalized spacial score (nSPS) is 14.2. The number of anilines is 2. The average Bonchev–Trinajstić information content (AvgIpc) is 3.02. The Bertz CT molecular complexity index is 656. The minimum absolute atomic E-state index is 0.161. The van der Waals surface area contributed by atoms with Crippen molar-refractivity contribution < 1.29 is 4.79 Å². The summed E-state index contributed by atoms with van der Waals surface area (Å²) in [4.78, 5) is 23.0. The highest BCUT2D eigenvalue weighted by atomic mass is 79.9. The number of carbonyl (C=O) groups is 1. The van der Waals surface area contributed by atoms with Gasteiger partial charge >= 0.3 is 0 Å². The fourth-order valence-corrected chi connectivity index (χ4v) is 2.78. The second-order valence-corrected chi connectivity index (χ2v) is 5.70. The molecular formula is C15H15BrN4O. The molecule has 1 amide bonds. The van der Waals surface area contributed by atoms with Crippen LogP contribution in [0.5, 0.6) is 0 Å². The van der Waals surface area contributed by atoms with E-state index in [0.717, 1.165) is 24.6 Å². The van der Waals surface area contributed by atoms with Crippen LogP contribution >= 0.6 is 15.9 Å². The van der Waals surface area contributed by atoms with Gasteiger partial charge in [-0.3, -0.25) is 4.79 Å². The van der Waals surface area contributed by atoms with Gasteiger partial charge in [-0.1, -0.05) is 0 Å². The number of hydrogen-bond donors (Lipinski definition) is 1. The minimum Gasteiger partial charge on any atom is -0.355 e. The Morgan fingerprint density at radius 3 is 2.76 bits per heavy atom. The van der Waals surface area contributed by atoms with Gasteiger partial charge in [-0.15, -0.1) is 0 Å². The number of nitrogens with one attached hydrogen (secondary N) is 1. The fourth-order valence-electron chi connectivity index (χ4n) is 2.41. The first-order valence-corrected chi connectivity index (χ1v) is 7.66. The van der Waals surface area contributed by atoms with E-state index in [1.165, 1.54) is 12.8 Å². The number of amides is 1. The molecule has 3 rings (SSSR count). The van der Waals surface area contributed by atoms with Crippen LogP contribution in [0.4, 0.5) is 11.5 Å². The summed E-state index contributed by atoms with van der Waals surface area (Å²) < 4.78 is 0.640. The molecule has 1 fully saturated rings. The first-order chi connectivity index (χ1) is 10.2. The van der Waals surface area contributed by atoms with Crippen LogP contribution in [-0.4, -0.2) is 29.0 Å². The monoisotopic (exact) mass is 346 g/mol. The SMILES string of the molecule is O=C(Nc1cccnc1N1CCCC1)c1ccnc(Br)c1. The van der Waals surface area contributed by atoms with Crippen LogP contribution in [0.2, 0.25) is 0 Å². The van der Waals surface area contributed by atoms with Gasteiger partial charge in [0.25, 0.3) is 5.91 Å².